The van der Waals surface area contributed by atoms with Crippen molar-refractivity contribution in [3.05, 3.63) is 200 Å². The van der Waals surface area contributed by atoms with Gasteiger partial charge in [0.05, 0.1) is 46.1 Å². The smallest absolute Gasteiger partial charge is 0.329 e. The average molecular weight is 1830 g/mol. The number of amides is 13. The van der Waals surface area contributed by atoms with Crippen LogP contribution in [0, 0.1) is 0 Å². The number of hydrogen-bond acceptors (Lipinski definition) is 22. The Morgan fingerprint density at radius 1 is 0.440 bits per heavy atom. The normalized spacial score (nSPS) is 23.0. The lowest BCUT2D eigenvalue weighted by Gasteiger charge is -2.38. The van der Waals surface area contributed by atoms with Gasteiger partial charge in [0.2, 0.25) is 76.8 Å². The number of hydrogen-bond donors (Lipinski definition) is 10. The fourth-order valence-corrected chi connectivity index (χ4v) is 21.0. The number of benzene rings is 6. The number of fused-ring (bicyclic) bond motifs is 4. The number of aromatic nitrogens is 4. The van der Waals surface area contributed by atoms with Crippen LogP contribution in [0.5, 0.6) is 0 Å². The molecule has 6 aromatic carbocycles. The third-order valence-electron chi connectivity index (χ3n) is 28.3. The molecule has 4 unspecified atom stereocenters. The third kappa shape index (κ3) is 20.9. The first-order valence-corrected chi connectivity index (χ1v) is 46.8. The maximum atomic E-state index is 15.0. The standard InChI is InChI=1S/C97H120N22O15/c1-108-78-53-67(25-29-73(78)118(96(108)133)77-33-36-83(122)104-93(77)130)112-48-44-110(45-49-112)40-13-22-84(123)115-43-38-66-24-32-76(117(66)95(132)70(99)58-115)92(129)103-72(28-35-82(101)121)90(127)106-87(61-18-10-5-11-19-61)63-21-12-20-62(52-63)69-55-80(94(131)107-88(69)125)119-74-30-26-68(54-79(74)109(2)97(119)134)113-50-46-111(47-51-113)41-39-85(124)114-42-37-65-23-31-75(116(65)57-64(98)56-114)91(128)102-71(27-34-81(100)120)89(126)105-86(59-14-6-3-7-15-59)60-16-8-4-9-17-60/h3-12,14-21,25-26,29-30,52-54,64-66,69-72,75-77,80,86-87H,13,22-24,27-28,31-51,55-58,98-99H2,1-2H3,(H2,100,120)(H2,101,121)(H,102,128)(H,103,129)(H,105,126)(H,106,127)(H,104,122,130)(H,107,125,131)/t64-,65+,66+,69?,70-,71-,72-,75-,76-,77?,80?,87?/m0/s1. The highest BCUT2D eigenvalue weighted by Crippen LogP contribution is 2.38. The minimum absolute atomic E-state index is 0.0113. The molecule has 14 N–H and O–H groups in total. The number of rotatable bonds is 30. The van der Waals surface area contributed by atoms with Gasteiger partial charge in [-0.2, -0.15) is 0 Å². The molecule has 12 atom stereocenters. The molecule has 0 aliphatic carbocycles. The summed E-state index contributed by atoms with van der Waals surface area (Å²) in [6.45, 7) is 7.89. The number of aryl methyl sites for hydroxylation is 2. The molecular weight excluding hydrogens is 1710 g/mol. The van der Waals surface area contributed by atoms with Crippen LogP contribution in [0.2, 0.25) is 0 Å². The monoisotopic (exact) mass is 1830 g/mol. The van der Waals surface area contributed by atoms with Crippen molar-refractivity contribution in [2.75, 3.05) is 108 Å². The van der Waals surface area contributed by atoms with E-state index in [1.165, 1.54) is 23.2 Å². The minimum Gasteiger partial charge on any atom is -0.370 e. The van der Waals surface area contributed by atoms with Crippen molar-refractivity contribution in [1.82, 2.24) is 79.6 Å². The first-order chi connectivity index (χ1) is 64.6. The largest absolute Gasteiger partial charge is 0.370 e. The number of piperidine rings is 2. The van der Waals surface area contributed by atoms with Gasteiger partial charge in [-0.05, 0) is 141 Å². The highest BCUT2D eigenvalue weighted by atomic mass is 16.2. The Bertz CT molecular complexity index is 5850. The molecule has 0 spiro atoms. The summed E-state index contributed by atoms with van der Waals surface area (Å²) < 4.78 is 5.90. The van der Waals surface area contributed by atoms with Crippen LogP contribution in [0.25, 0.3) is 22.1 Å². The number of primary amides is 2. The molecule has 134 heavy (non-hydrogen) atoms. The predicted molar refractivity (Wildman–Crippen MR) is 498 cm³/mol. The summed E-state index contributed by atoms with van der Waals surface area (Å²) in [4.78, 5) is 222. The van der Waals surface area contributed by atoms with E-state index in [1.807, 2.05) is 108 Å². The van der Waals surface area contributed by atoms with Gasteiger partial charge in [-0.15, -0.1) is 0 Å². The predicted octanol–water partition coefficient (Wildman–Crippen LogP) is 1.38. The Kier molecular flexibility index (Phi) is 29.1. The molecule has 8 aliphatic heterocycles. The molecule has 8 aromatic rings. The van der Waals surface area contributed by atoms with Crippen molar-refractivity contribution < 1.29 is 62.3 Å². The van der Waals surface area contributed by atoms with Gasteiger partial charge in [-0.25, -0.2) is 9.59 Å². The van der Waals surface area contributed by atoms with Gasteiger partial charge < -0.3 is 68.7 Å². The number of nitrogens with zero attached hydrogens (tertiary/aromatic N) is 12. The van der Waals surface area contributed by atoms with Crippen LogP contribution < -0.4 is 76.0 Å². The van der Waals surface area contributed by atoms with Gasteiger partial charge in [-0.1, -0.05) is 115 Å². The first kappa shape index (κ1) is 94.0. The van der Waals surface area contributed by atoms with Gasteiger partial charge in [-0.3, -0.25) is 106 Å². The summed E-state index contributed by atoms with van der Waals surface area (Å²) in [5.74, 6) is -7.13. The lowest BCUT2D eigenvalue weighted by molar-refractivity contribution is -0.145. The molecular formula is C97H120N22O15. The Hall–Kier alpha value is -13.2. The first-order valence-electron chi connectivity index (χ1n) is 46.8. The van der Waals surface area contributed by atoms with E-state index >= 15 is 0 Å². The SMILES string of the molecule is Cn1c(=O)n(C2CCC(=O)NC2=O)c2ccc(N3CCN(CCCC(=O)N4CC[C@H]5CC[C@@H](C(=O)N[C@@H](CCC(N)=O)C(=O)NC(c6ccccc6)c6cccc(C7CC(n8c(=O)n(C)c9cc(N%10CCN(CCC(=O)N%11CC[C@H]%12CC[C@@H](C(=O)N[C@@H](CCC(N)=O)C(=O)NC(c%13ccccc%13)c%13ccccc%13)N%12C[C@@H](N)C%11)CC%10)ccc98)C(=O)NC7=O)c6)N5C(=O)[C@@H](N)C4)CC3)cc21. The lowest BCUT2D eigenvalue weighted by atomic mass is 9.85. The van der Waals surface area contributed by atoms with E-state index in [-0.39, 0.29) is 106 Å². The van der Waals surface area contributed by atoms with E-state index in [9.17, 15) is 71.9 Å². The number of carbonyl (C=O) groups is 13. The molecule has 13 amide bonds. The molecule has 8 fully saturated rings. The van der Waals surface area contributed by atoms with Crippen LogP contribution in [-0.4, -0.2) is 271 Å². The summed E-state index contributed by atoms with van der Waals surface area (Å²) in [6, 6.07) is 36.9. The minimum atomic E-state index is -1.34. The molecule has 0 bridgehead atoms. The number of imide groups is 2. The van der Waals surface area contributed by atoms with E-state index in [1.54, 1.807) is 67.5 Å². The zero-order valence-corrected chi connectivity index (χ0v) is 75.7. The molecule has 0 saturated carbocycles. The molecule has 37 nitrogen and oxygen atoms in total. The van der Waals surface area contributed by atoms with E-state index in [0.717, 1.165) is 35.6 Å². The number of nitrogens with one attached hydrogen (secondary N) is 6. The molecule has 708 valence electrons. The van der Waals surface area contributed by atoms with Gasteiger partial charge >= 0.3 is 11.4 Å². The Morgan fingerprint density at radius 2 is 0.925 bits per heavy atom. The summed E-state index contributed by atoms with van der Waals surface area (Å²) in [7, 11) is 3.30. The van der Waals surface area contributed by atoms with Crippen LogP contribution in [0.1, 0.15) is 161 Å². The Morgan fingerprint density at radius 3 is 1.48 bits per heavy atom. The van der Waals surface area contributed by atoms with Crippen molar-refractivity contribution in [2.24, 2.45) is 37.0 Å². The van der Waals surface area contributed by atoms with Crippen molar-refractivity contribution in [2.45, 2.75) is 181 Å². The third-order valence-corrected chi connectivity index (χ3v) is 28.3. The molecule has 2 aromatic heterocycles. The highest BCUT2D eigenvalue weighted by Gasteiger charge is 2.47. The van der Waals surface area contributed by atoms with Crippen molar-refractivity contribution >= 4 is 110 Å². The fourth-order valence-electron chi connectivity index (χ4n) is 21.0. The number of piperazine rings is 2. The molecule has 8 saturated heterocycles. The summed E-state index contributed by atoms with van der Waals surface area (Å²) >= 11 is 0. The number of carbonyl (C=O) groups excluding carboxylic acids is 13. The number of nitrogens with two attached hydrogens (primary N) is 4. The maximum absolute atomic E-state index is 15.0. The van der Waals surface area contributed by atoms with Crippen molar-refractivity contribution in [3.63, 3.8) is 0 Å². The van der Waals surface area contributed by atoms with Crippen LogP contribution in [-0.2, 0) is 76.4 Å². The summed E-state index contributed by atoms with van der Waals surface area (Å²) in [5.41, 5.74) is 31.4. The van der Waals surface area contributed by atoms with Crippen LogP contribution in [0.3, 0.4) is 0 Å². The van der Waals surface area contributed by atoms with Gasteiger partial charge in [0.25, 0.3) is 0 Å². The summed E-state index contributed by atoms with van der Waals surface area (Å²) in [5, 5.41) is 17.0. The lowest BCUT2D eigenvalue weighted by Crippen LogP contribution is -2.60. The second-order valence-corrected chi connectivity index (χ2v) is 36.9. The zero-order valence-electron chi connectivity index (χ0n) is 75.7. The Balaban J connectivity index is 0.503. The quantitative estimate of drug-likeness (QED) is 0.0284. The molecule has 0 radical (unpaired) electrons. The van der Waals surface area contributed by atoms with Crippen molar-refractivity contribution in [3.8, 4) is 0 Å². The second kappa shape index (κ2) is 41.5. The van der Waals surface area contributed by atoms with Gasteiger partial charge in [0.15, 0.2) is 0 Å². The van der Waals surface area contributed by atoms with Crippen LogP contribution in [0.4, 0.5) is 11.4 Å². The van der Waals surface area contributed by atoms with E-state index in [4.69, 9.17) is 22.9 Å². The maximum Gasteiger partial charge on any atom is 0.329 e. The Labute approximate surface area is 774 Å². The van der Waals surface area contributed by atoms with Gasteiger partial charge in [0.1, 0.15) is 36.3 Å². The van der Waals surface area contributed by atoms with E-state index in [0.29, 0.717) is 156 Å². The topological polar surface area (TPSA) is 478 Å². The summed E-state index contributed by atoms with van der Waals surface area (Å²) in [6.07, 6.45) is 3.64. The molecule has 16 rings (SSSR count). The van der Waals surface area contributed by atoms with Crippen LogP contribution >= 0.6 is 0 Å². The van der Waals surface area contributed by atoms with E-state index < -0.39 is 131 Å². The molecule has 10 heterocycles. The highest BCUT2D eigenvalue weighted by molar-refractivity contribution is 6.04. The zero-order chi connectivity index (χ0) is 94.3. The fraction of sp³-hybridized carbons (Fsp3) is 0.474. The molecule has 37 heteroatoms. The average Bonchev–Trinajstić information content (AvgIpc) is 1.63. The molecule has 8 aliphatic rings. The van der Waals surface area contributed by atoms with Crippen LogP contribution in [0.15, 0.2) is 161 Å². The van der Waals surface area contributed by atoms with E-state index in [2.05, 4.69) is 56.4 Å². The number of imidazole rings is 2. The number of anilines is 2. The second-order valence-electron chi connectivity index (χ2n) is 36.9. The van der Waals surface area contributed by atoms with Gasteiger partial charge in [0, 0.05) is 167 Å². The van der Waals surface area contributed by atoms with Crippen molar-refractivity contribution in [1.29, 1.82) is 0 Å².